The quantitative estimate of drug-likeness (QED) is 0.557. The van der Waals surface area contributed by atoms with Gasteiger partial charge >= 0.3 is 0 Å². The van der Waals surface area contributed by atoms with Gasteiger partial charge in [-0.05, 0) is 12.3 Å². The molecule has 1 atom stereocenters. The summed E-state index contributed by atoms with van der Waals surface area (Å²) < 4.78 is 5.15. The van der Waals surface area contributed by atoms with E-state index in [0.717, 1.165) is 13.2 Å². The molecule has 0 saturated heterocycles. The Morgan fingerprint density at radius 2 is 2.00 bits per heavy atom. The maximum Gasteiger partial charge on any atom is 0.110 e. The first-order valence-corrected chi connectivity index (χ1v) is 9.24. The largest absolute Gasteiger partial charge is 0.383 e. The van der Waals surface area contributed by atoms with E-state index in [9.17, 15) is 0 Å². The summed E-state index contributed by atoms with van der Waals surface area (Å²) in [6.45, 7) is 8.33. The molecule has 0 fully saturated rings. The molecule has 0 aromatic carbocycles. The van der Waals surface area contributed by atoms with Crippen LogP contribution in [-0.4, -0.2) is 25.2 Å². The molecule has 1 heterocycles. The molecule has 0 radical (unpaired) electrons. The summed E-state index contributed by atoms with van der Waals surface area (Å²) in [5, 5.41) is 7.05. The van der Waals surface area contributed by atoms with Crippen LogP contribution in [0.5, 0.6) is 0 Å². The molecule has 0 spiro atoms. The molecule has 0 amide bonds. The van der Waals surface area contributed by atoms with E-state index in [1.165, 1.54) is 49.2 Å². The van der Waals surface area contributed by atoms with Gasteiger partial charge < -0.3 is 10.1 Å². The van der Waals surface area contributed by atoms with Crippen LogP contribution >= 0.6 is 11.3 Å². The second-order valence-electron chi connectivity index (χ2n) is 5.97. The summed E-state index contributed by atoms with van der Waals surface area (Å²) in [4.78, 5) is 4.82. The van der Waals surface area contributed by atoms with E-state index < -0.39 is 0 Å². The van der Waals surface area contributed by atoms with Gasteiger partial charge in [-0.2, -0.15) is 0 Å². The number of aromatic nitrogens is 1. The van der Waals surface area contributed by atoms with E-state index in [0.29, 0.717) is 12.0 Å². The highest BCUT2D eigenvalue weighted by Gasteiger charge is 2.15. The SMILES string of the molecule is CCCCCCCC(NCCOC)c1nc(C(C)C)cs1. The Kier molecular flexibility index (Phi) is 9.89. The van der Waals surface area contributed by atoms with Gasteiger partial charge in [-0.3, -0.25) is 0 Å². The van der Waals surface area contributed by atoms with Crippen LogP contribution in [0, 0.1) is 0 Å². The predicted molar refractivity (Wildman–Crippen MR) is 92.2 cm³/mol. The molecule has 21 heavy (non-hydrogen) atoms. The molecule has 1 N–H and O–H groups in total. The van der Waals surface area contributed by atoms with Crippen LogP contribution in [0.1, 0.15) is 82.0 Å². The molecular formula is C17H32N2OS. The van der Waals surface area contributed by atoms with Crippen LogP contribution in [0.15, 0.2) is 5.38 Å². The average molecular weight is 313 g/mol. The van der Waals surface area contributed by atoms with Crippen LogP contribution < -0.4 is 5.32 Å². The van der Waals surface area contributed by atoms with Gasteiger partial charge in [-0.15, -0.1) is 11.3 Å². The van der Waals surface area contributed by atoms with Gasteiger partial charge in [-0.1, -0.05) is 52.9 Å². The number of thiazole rings is 1. The number of rotatable bonds is 12. The van der Waals surface area contributed by atoms with Crippen molar-refractivity contribution in [3.05, 3.63) is 16.1 Å². The summed E-state index contributed by atoms with van der Waals surface area (Å²) in [7, 11) is 1.75. The number of hydrogen-bond acceptors (Lipinski definition) is 4. The fourth-order valence-corrected chi connectivity index (χ4v) is 3.42. The topological polar surface area (TPSA) is 34.1 Å². The lowest BCUT2D eigenvalue weighted by atomic mass is 10.1. The predicted octanol–water partition coefficient (Wildman–Crippen LogP) is 4.90. The number of methoxy groups -OCH3 is 1. The summed E-state index contributed by atoms with van der Waals surface area (Å²) >= 11 is 1.80. The second kappa shape index (κ2) is 11.2. The van der Waals surface area contributed by atoms with Gasteiger partial charge in [-0.25, -0.2) is 4.98 Å². The molecule has 1 rings (SSSR count). The smallest absolute Gasteiger partial charge is 0.110 e. The number of ether oxygens (including phenoxy) is 1. The van der Waals surface area contributed by atoms with E-state index in [1.807, 2.05) is 0 Å². The Morgan fingerprint density at radius 3 is 2.62 bits per heavy atom. The molecule has 0 saturated carbocycles. The molecular weight excluding hydrogens is 280 g/mol. The minimum Gasteiger partial charge on any atom is -0.383 e. The van der Waals surface area contributed by atoms with Crippen molar-refractivity contribution in [1.82, 2.24) is 10.3 Å². The molecule has 3 nitrogen and oxygen atoms in total. The van der Waals surface area contributed by atoms with Crippen molar-refractivity contribution in [2.24, 2.45) is 0 Å². The molecule has 122 valence electrons. The van der Waals surface area contributed by atoms with Crippen LogP contribution in [0.4, 0.5) is 0 Å². The number of unbranched alkanes of at least 4 members (excludes halogenated alkanes) is 4. The fourth-order valence-electron chi connectivity index (χ4n) is 2.33. The molecule has 4 heteroatoms. The normalized spacial score (nSPS) is 13.0. The van der Waals surface area contributed by atoms with Crippen LogP contribution in [-0.2, 0) is 4.74 Å². The Morgan fingerprint density at radius 1 is 1.24 bits per heavy atom. The van der Waals surface area contributed by atoms with Gasteiger partial charge in [0.15, 0.2) is 0 Å². The highest BCUT2D eigenvalue weighted by molar-refractivity contribution is 7.09. The minimum atomic E-state index is 0.388. The molecule has 1 aromatic rings. The van der Waals surface area contributed by atoms with Crippen molar-refractivity contribution in [2.75, 3.05) is 20.3 Å². The molecule has 0 aliphatic heterocycles. The zero-order valence-corrected chi connectivity index (χ0v) is 15.0. The first-order valence-electron chi connectivity index (χ1n) is 8.36. The number of nitrogens with one attached hydrogen (secondary N) is 1. The van der Waals surface area contributed by atoms with Crippen LogP contribution in [0.25, 0.3) is 0 Å². The van der Waals surface area contributed by atoms with Crippen LogP contribution in [0.2, 0.25) is 0 Å². The molecule has 0 bridgehead atoms. The molecule has 1 aromatic heterocycles. The van der Waals surface area contributed by atoms with Crippen molar-refractivity contribution in [3.63, 3.8) is 0 Å². The Hall–Kier alpha value is -0.450. The summed E-state index contributed by atoms with van der Waals surface area (Å²) in [5.74, 6) is 0.513. The second-order valence-corrected chi connectivity index (χ2v) is 6.86. The van der Waals surface area contributed by atoms with Crippen molar-refractivity contribution < 1.29 is 4.74 Å². The van der Waals surface area contributed by atoms with Gasteiger partial charge in [0.25, 0.3) is 0 Å². The van der Waals surface area contributed by atoms with Gasteiger partial charge in [0.05, 0.1) is 18.3 Å². The monoisotopic (exact) mass is 312 g/mol. The Bertz CT molecular complexity index is 365. The lowest BCUT2D eigenvalue weighted by molar-refractivity contribution is 0.194. The van der Waals surface area contributed by atoms with E-state index in [1.54, 1.807) is 18.4 Å². The zero-order valence-electron chi connectivity index (χ0n) is 14.2. The fraction of sp³-hybridized carbons (Fsp3) is 0.824. The molecule has 1 unspecified atom stereocenters. The molecule has 0 aliphatic rings. The van der Waals surface area contributed by atoms with Gasteiger partial charge in [0, 0.05) is 19.0 Å². The van der Waals surface area contributed by atoms with Crippen molar-refractivity contribution in [3.8, 4) is 0 Å². The third-order valence-corrected chi connectivity index (χ3v) is 4.70. The number of nitrogens with zero attached hydrogens (tertiary/aromatic N) is 1. The highest BCUT2D eigenvalue weighted by atomic mass is 32.1. The summed E-state index contributed by atoms with van der Waals surface area (Å²) in [6.07, 6.45) is 7.81. The highest BCUT2D eigenvalue weighted by Crippen LogP contribution is 2.26. The van der Waals surface area contributed by atoms with Gasteiger partial charge in [0.2, 0.25) is 0 Å². The summed E-state index contributed by atoms with van der Waals surface area (Å²) in [5.41, 5.74) is 1.22. The standard InChI is InChI=1S/C17H32N2OS/c1-5-6-7-8-9-10-15(18-11-12-20-4)17-19-16(13-21-17)14(2)3/h13-15,18H,5-12H2,1-4H3. The van der Waals surface area contributed by atoms with Crippen molar-refractivity contribution in [2.45, 2.75) is 71.3 Å². The van der Waals surface area contributed by atoms with Gasteiger partial charge in [0.1, 0.15) is 5.01 Å². The van der Waals surface area contributed by atoms with E-state index in [4.69, 9.17) is 9.72 Å². The first-order chi connectivity index (χ1) is 10.2. The lowest BCUT2D eigenvalue weighted by Gasteiger charge is -2.16. The maximum absolute atomic E-state index is 5.15. The third kappa shape index (κ3) is 7.39. The van der Waals surface area contributed by atoms with E-state index >= 15 is 0 Å². The Labute approximate surface area is 134 Å². The van der Waals surface area contributed by atoms with Crippen molar-refractivity contribution >= 4 is 11.3 Å². The average Bonchev–Trinajstić information content (AvgIpc) is 2.95. The lowest BCUT2D eigenvalue weighted by Crippen LogP contribution is -2.25. The zero-order chi connectivity index (χ0) is 15.5. The first kappa shape index (κ1) is 18.6. The van der Waals surface area contributed by atoms with E-state index in [-0.39, 0.29) is 0 Å². The minimum absolute atomic E-state index is 0.388. The number of hydrogen-bond donors (Lipinski definition) is 1. The molecule has 0 aliphatic carbocycles. The van der Waals surface area contributed by atoms with Crippen LogP contribution in [0.3, 0.4) is 0 Å². The summed E-state index contributed by atoms with van der Waals surface area (Å²) in [6, 6.07) is 0.388. The van der Waals surface area contributed by atoms with Crippen molar-refractivity contribution in [1.29, 1.82) is 0 Å². The maximum atomic E-state index is 5.15. The Balaban J connectivity index is 2.49. The third-order valence-electron chi connectivity index (χ3n) is 3.72. The van der Waals surface area contributed by atoms with E-state index in [2.05, 4.69) is 31.5 Å².